The highest BCUT2D eigenvalue weighted by Gasteiger charge is 2.30. The lowest BCUT2D eigenvalue weighted by molar-refractivity contribution is 0.0738. The molecule has 0 saturated carbocycles. The van der Waals surface area contributed by atoms with Crippen LogP contribution in [0.15, 0.2) is 41.8 Å². The number of nitrogens with zero attached hydrogens (tertiary/aromatic N) is 1. The summed E-state index contributed by atoms with van der Waals surface area (Å²) in [6.07, 6.45) is -0.0580. The molecule has 1 N–H and O–H groups in total. The summed E-state index contributed by atoms with van der Waals surface area (Å²) in [6.45, 7) is 0. The van der Waals surface area contributed by atoms with E-state index in [4.69, 9.17) is 0 Å². The van der Waals surface area contributed by atoms with Gasteiger partial charge in [-0.1, -0.05) is 18.2 Å². The second kappa shape index (κ2) is 3.89. The Balaban J connectivity index is 2.05. The van der Waals surface area contributed by atoms with E-state index < -0.39 is 0 Å². The summed E-state index contributed by atoms with van der Waals surface area (Å²) in [5, 5.41) is 5.42. The molecule has 0 fully saturated rings. The number of rotatable bonds is 1. The number of hydrogen-bond donors (Lipinski definition) is 1. The number of thiophene rings is 1. The van der Waals surface area contributed by atoms with Crippen LogP contribution in [0.3, 0.4) is 0 Å². The van der Waals surface area contributed by atoms with Gasteiger partial charge in [0, 0.05) is 17.6 Å². The van der Waals surface area contributed by atoms with Gasteiger partial charge in [0.1, 0.15) is 6.17 Å². The van der Waals surface area contributed by atoms with Crippen LogP contribution in [-0.2, 0) is 0 Å². The Labute approximate surface area is 104 Å². The van der Waals surface area contributed by atoms with Crippen LogP contribution in [0.4, 0.5) is 5.69 Å². The number of anilines is 1. The second-order valence-corrected chi connectivity index (χ2v) is 5.00. The van der Waals surface area contributed by atoms with Gasteiger partial charge in [-0.3, -0.25) is 4.79 Å². The molecule has 1 amide bonds. The summed E-state index contributed by atoms with van der Waals surface area (Å²) < 4.78 is 0. The molecule has 1 aromatic carbocycles. The molecule has 0 spiro atoms. The molecule has 0 saturated heterocycles. The first-order valence-electron chi connectivity index (χ1n) is 5.43. The minimum Gasteiger partial charge on any atom is -0.360 e. The molecule has 2 heterocycles. The Kier molecular flexibility index (Phi) is 2.37. The SMILES string of the molecule is CN1C(=O)c2ccccc2NC1c1cccs1. The Morgan fingerprint density at radius 2 is 2.06 bits per heavy atom. The molecule has 3 nitrogen and oxygen atoms in total. The molecule has 1 aliphatic rings. The largest absolute Gasteiger partial charge is 0.360 e. The zero-order chi connectivity index (χ0) is 11.8. The van der Waals surface area contributed by atoms with Gasteiger partial charge in [-0.05, 0) is 23.6 Å². The van der Waals surface area contributed by atoms with Crippen LogP contribution >= 0.6 is 11.3 Å². The number of para-hydroxylation sites is 1. The molecule has 3 rings (SSSR count). The molecule has 1 aliphatic heterocycles. The van der Waals surface area contributed by atoms with Crippen LogP contribution in [-0.4, -0.2) is 17.9 Å². The van der Waals surface area contributed by atoms with Gasteiger partial charge in [-0.25, -0.2) is 0 Å². The molecule has 86 valence electrons. The van der Waals surface area contributed by atoms with Crippen molar-refractivity contribution in [3.8, 4) is 0 Å². The lowest BCUT2D eigenvalue weighted by atomic mass is 10.1. The van der Waals surface area contributed by atoms with Crippen LogP contribution in [0.1, 0.15) is 21.4 Å². The number of fused-ring (bicyclic) bond motifs is 1. The Hall–Kier alpha value is -1.81. The normalized spacial score (nSPS) is 18.8. The summed E-state index contributed by atoms with van der Waals surface area (Å²) in [5.41, 5.74) is 1.65. The molecule has 1 atom stereocenters. The van der Waals surface area contributed by atoms with Crippen molar-refractivity contribution in [2.45, 2.75) is 6.17 Å². The van der Waals surface area contributed by atoms with Crippen molar-refractivity contribution in [1.29, 1.82) is 0 Å². The van der Waals surface area contributed by atoms with Crippen LogP contribution in [0, 0.1) is 0 Å². The third-order valence-corrected chi connectivity index (χ3v) is 3.89. The Morgan fingerprint density at radius 1 is 1.24 bits per heavy atom. The highest BCUT2D eigenvalue weighted by Crippen LogP contribution is 2.33. The van der Waals surface area contributed by atoms with Crippen molar-refractivity contribution in [3.05, 3.63) is 52.2 Å². The predicted molar refractivity (Wildman–Crippen MR) is 69.2 cm³/mol. The molecule has 4 heteroatoms. The fourth-order valence-corrected chi connectivity index (χ4v) is 2.87. The first-order valence-corrected chi connectivity index (χ1v) is 6.31. The molecule has 1 aromatic heterocycles. The topological polar surface area (TPSA) is 32.3 Å². The summed E-state index contributed by atoms with van der Waals surface area (Å²) >= 11 is 1.65. The van der Waals surface area contributed by atoms with Crippen molar-refractivity contribution in [2.75, 3.05) is 12.4 Å². The Bertz CT molecular complexity index is 550. The highest BCUT2D eigenvalue weighted by molar-refractivity contribution is 7.10. The molecule has 0 radical (unpaired) electrons. The number of nitrogens with one attached hydrogen (secondary N) is 1. The van der Waals surface area contributed by atoms with Gasteiger partial charge in [0.15, 0.2) is 0 Å². The molecule has 0 bridgehead atoms. The maximum absolute atomic E-state index is 12.2. The monoisotopic (exact) mass is 244 g/mol. The van der Waals surface area contributed by atoms with E-state index in [-0.39, 0.29) is 12.1 Å². The van der Waals surface area contributed by atoms with Gasteiger partial charge < -0.3 is 10.2 Å². The highest BCUT2D eigenvalue weighted by atomic mass is 32.1. The first-order chi connectivity index (χ1) is 8.27. The maximum atomic E-state index is 12.2. The fraction of sp³-hybridized carbons (Fsp3) is 0.154. The van der Waals surface area contributed by atoms with Gasteiger partial charge in [0.2, 0.25) is 0 Å². The van der Waals surface area contributed by atoms with Crippen LogP contribution in [0.25, 0.3) is 0 Å². The third-order valence-electron chi connectivity index (χ3n) is 2.97. The van der Waals surface area contributed by atoms with E-state index in [0.717, 1.165) is 16.1 Å². The standard InChI is InChI=1S/C13H12N2OS/c1-15-12(11-7-4-8-17-11)14-10-6-3-2-5-9(10)13(15)16/h2-8,12,14H,1H3. The zero-order valence-corrected chi connectivity index (χ0v) is 10.2. The number of carbonyl (C=O) groups excluding carboxylic acids is 1. The van der Waals surface area contributed by atoms with Crippen molar-refractivity contribution < 1.29 is 4.79 Å². The number of benzene rings is 1. The Morgan fingerprint density at radius 3 is 2.82 bits per heavy atom. The van der Waals surface area contributed by atoms with Crippen molar-refractivity contribution >= 4 is 22.9 Å². The molecular formula is C13H12N2OS. The van der Waals surface area contributed by atoms with Crippen LogP contribution in [0.2, 0.25) is 0 Å². The fourth-order valence-electron chi connectivity index (χ4n) is 2.06. The van der Waals surface area contributed by atoms with Crippen molar-refractivity contribution in [3.63, 3.8) is 0 Å². The van der Waals surface area contributed by atoms with E-state index >= 15 is 0 Å². The third kappa shape index (κ3) is 1.61. The molecule has 17 heavy (non-hydrogen) atoms. The summed E-state index contributed by atoms with van der Waals surface area (Å²) in [7, 11) is 1.83. The quantitative estimate of drug-likeness (QED) is 0.836. The number of amides is 1. The van der Waals surface area contributed by atoms with E-state index in [1.807, 2.05) is 48.8 Å². The number of carbonyl (C=O) groups is 1. The van der Waals surface area contributed by atoms with E-state index in [2.05, 4.69) is 5.32 Å². The first kappa shape index (κ1) is 10.4. The van der Waals surface area contributed by atoms with Gasteiger partial charge in [-0.15, -0.1) is 11.3 Å². The minimum atomic E-state index is -0.0580. The minimum absolute atomic E-state index is 0.0580. The lowest BCUT2D eigenvalue weighted by Crippen LogP contribution is -2.39. The zero-order valence-electron chi connectivity index (χ0n) is 9.38. The van der Waals surface area contributed by atoms with E-state index in [0.29, 0.717) is 0 Å². The number of hydrogen-bond acceptors (Lipinski definition) is 3. The predicted octanol–water partition coefficient (Wildman–Crippen LogP) is 2.94. The van der Waals surface area contributed by atoms with E-state index in [9.17, 15) is 4.79 Å². The summed E-state index contributed by atoms with van der Waals surface area (Å²) in [5.74, 6) is 0.0674. The lowest BCUT2D eigenvalue weighted by Gasteiger charge is -2.34. The van der Waals surface area contributed by atoms with Crippen LogP contribution in [0.5, 0.6) is 0 Å². The molecule has 1 unspecified atom stereocenters. The van der Waals surface area contributed by atoms with Crippen molar-refractivity contribution in [2.24, 2.45) is 0 Å². The van der Waals surface area contributed by atoms with E-state index in [1.165, 1.54) is 0 Å². The van der Waals surface area contributed by atoms with Gasteiger partial charge in [0.25, 0.3) is 5.91 Å². The average Bonchev–Trinajstić information content (AvgIpc) is 2.87. The smallest absolute Gasteiger partial charge is 0.257 e. The van der Waals surface area contributed by atoms with Gasteiger partial charge in [-0.2, -0.15) is 0 Å². The molecule has 0 aliphatic carbocycles. The van der Waals surface area contributed by atoms with Crippen LogP contribution < -0.4 is 5.32 Å². The van der Waals surface area contributed by atoms with Crippen molar-refractivity contribution in [1.82, 2.24) is 4.90 Å². The average molecular weight is 244 g/mol. The van der Waals surface area contributed by atoms with Gasteiger partial charge in [0.05, 0.1) is 5.56 Å². The van der Waals surface area contributed by atoms with Gasteiger partial charge >= 0.3 is 0 Å². The maximum Gasteiger partial charge on any atom is 0.257 e. The molecular weight excluding hydrogens is 232 g/mol. The second-order valence-electron chi connectivity index (χ2n) is 4.02. The van der Waals surface area contributed by atoms with E-state index in [1.54, 1.807) is 16.2 Å². The summed E-state index contributed by atoms with van der Waals surface area (Å²) in [6, 6.07) is 11.7. The summed E-state index contributed by atoms with van der Waals surface area (Å²) in [4.78, 5) is 15.1. The molecule has 2 aromatic rings.